The van der Waals surface area contributed by atoms with Crippen molar-refractivity contribution in [3.8, 4) is 0 Å². The molecule has 5 nitrogen and oxygen atoms in total. The molecule has 184 valence electrons. The van der Waals surface area contributed by atoms with Crippen LogP contribution in [0.25, 0.3) is 0 Å². The van der Waals surface area contributed by atoms with Crippen molar-refractivity contribution in [2.75, 3.05) is 4.72 Å². The largest absolute Gasteiger partial charge is 0.341 e. The van der Waals surface area contributed by atoms with E-state index in [0.29, 0.717) is 11.3 Å². The number of aryl methyl sites for hydroxylation is 3. The zero-order chi connectivity index (χ0) is 25.9. The molecule has 0 aromatic heterocycles. The number of sulfonamides is 1. The van der Waals surface area contributed by atoms with Crippen LogP contribution in [0.5, 0.6) is 0 Å². The van der Waals surface area contributed by atoms with E-state index in [1.807, 2.05) is 87.5 Å². The van der Waals surface area contributed by atoms with E-state index in [1.165, 1.54) is 6.07 Å². The third-order valence-corrected chi connectivity index (χ3v) is 7.92. The lowest BCUT2D eigenvalue weighted by atomic mass is 9.97. The molecule has 4 aromatic rings. The topological polar surface area (TPSA) is 75.3 Å². The third kappa shape index (κ3) is 5.50. The molecule has 0 heterocycles. The molecule has 4 rings (SSSR count). The predicted molar refractivity (Wildman–Crippen MR) is 145 cm³/mol. The smallest absolute Gasteiger partial charge is 0.262 e. The Bertz CT molecular complexity index is 1500. The van der Waals surface area contributed by atoms with Crippen LogP contribution in [0.3, 0.4) is 0 Å². The Morgan fingerprint density at radius 2 is 1.39 bits per heavy atom. The van der Waals surface area contributed by atoms with Crippen LogP contribution < -0.4 is 10.0 Å². The van der Waals surface area contributed by atoms with Crippen LogP contribution in [0.1, 0.15) is 49.8 Å². The molecule has 0 radical (unpaired) electrons. The van der Waals surface area contributed by atoms with Crippen molar-refractivity contribution in [3.63, 3.8) is 0 Å². The lowest BCUT2D eigenvalue weighted by Gasteiger charge is -2.21. The summed E-state index contributed by atoms with van der Waals surface area (Å²) >= 11 is 0. The molecular formula is C30H30N2O3S. The van der Waals surface area contributed by atoms with Gasteiger partial charge in [0, 0.05) is 5.56 Å². The lowest BCUT2D eigenvalue weighted by Crippen LogP contribution is -2.29. The monoisotopic (exact) mass is 498 g/mol. The fourth-order valence-electron chi connectivity index (χ4n) is 4.07. The first-order chi connectivity index (χ1) is 17.2. The number of benzene rings is 4. The van der Waals surface area contributed by atoms with Gasteiger partial charge in [-0.25, -0.2) is 8.42 Å². The van der Waals surface area contributed by atoms with E-state index in [1.54, 1.807) is 25.1 Å². The molecular weight excluding hydrogens is 468 g/mol. The van der Waals surface area contributed by atoms with Crippen LogP contribution in [0.15, 0.2) is 95.9 Å². The highest BCUT2D eigenvalue weighted by atomic mass is 32.2. The summed E-state index contributed by atoms with van der Waals surface area (Å²) in [4.78, 5) is 13.5. The molecule has 2 N–H and O–H groups in total. The normalized spacial score (nSPS) is 12.1. The van der Waals surface area contributed by atoms with Crippen LogP contribution in [0, 0.1) is 27.7 Å². The second kappa shape index (κ2) is 10.4. The molecule has 36 heavy (non-hydrogen) atoms. The van der Waals surface area contributed by atoms with Crippen molar-refractivity contribution in [2.45, 2.75) is 38.6 Å². The number of hydrogen-bond donors (Lipinski definition) is 2. The van der Waals surface area contributed by atoms with Gasteiger partial charge in [-0.15, -0.1) is 0 Å². The third-order valence-electron chi connectivity index (χ3n) is 6.41. The Balaban J connectivity index is 1.66. The molecule has 0 unspecified atom stereocenters. The maximum atomic E-state index is 13.4. The summed E-state index contributed by atoms with van der Waals surface area (Å²) in [5, 5.41) is 3.10. The molecule has 0 bridgehead atoms. The number of anilines is 1. The van der Waals surface area contributed by atoms with Crippen molar-refractivity contribution in [2.24, 2.45) is 0 Å². The highest BCUT2D eigenvalue weighted by molar-refractivity contribution is 7.92. The van der Waals surface area contributed by atoms with Crippen LogP contribution in [-0.4, -0.2) is 14.3 Å². The summed E-state index contributed by atoms with van der Waals surface area (Å²) in [6.45, 7) is 7.54. The van der Waals surface area contributed by atoms with Crippen molar-refractivity contribution < 1.29 is 13.2 Å². The van der Waals surface area contributed by atoms with Gasteiger partial charge in [-0.3, -0.25) is 9.52 Å². The molecule has 0 saturated heterocycles. The standard InChI is InChI=1S/C30H30N2O3S/c1-20-13-16-25(17-14-20)29(24-10-6-5-7-11-24)31-30(33)26-18-15-22(3)28(19-26)36(34,35)32-27-12-8-9-21(2)23(27)4/h5-19,29,32H,1-4H3,(H,31,33)/t29-/m1/s1. The van der Waals surface area contributed by atoms with Crippen LogP contribution in [-0.2, 0) is 10.0 Å². The van der Waals surface area contributed by atoms with E-state index in [2.05, 4.69) is 10.0 Å². The first-order valence-electron chi connectivity index (χ1n) is 11.8. The zero-order valence-electron chi connectivity index (χ0n) is 20.9. The number of nitrogens with one attached hydrogen (secondary N) is 2. The van der Waals surface area contributed by atoms with E-state index in [0.717, 1.165) is 27.8 Å². The van der Waals surface area contributed by atoms with Gasteiger partial charge in [-0.2, -0.15) is 0 Å². The minimum absolute atomic E-state index is 0.0719. The highest BCUT2D eigenvalue weighted by Crippen LogP contribution is 2.26. The summed E-state index contributed by atoms with van der Waals surface area (Å²) in [6.07, 6.45) is 0. The number of rotatable bonds is 7. The summed E-state index contributed by atoms with van der Waals surface area (Å²) in [7, 11) is -3.91. The van der Waals surface area contributed by atoms with E-state index in [9.17, 15) is 13.2 Å². The van der Waals surface area contributed by atoms with Crippen LogP contribution in [0.4, 0.5) is 5.69 Å². The zero-order valence-corrected chi connectivity index (χ0v) is 21.7. The number of carbonyl (C=O) groups excluding carboxylic acids is 1. The minimum atomic E-state index is -3.91. The van der Waals surface area contributed by atoms with Crippen molar-refractivity contribution in [1.29, 1.82) is 0 Å². The Morgan fingerprint density at radius 3 is 2.08 bits per heavy atom. The Hall–Kier alpha value is -3.90. The molecule has 0 aliphatic heterocycles. The van der Waals surface area contributed by atoms with Gasteiger partial charge in [0.1, 0.15) is 0 Å². The summed E-state index contributed by atoms with van der Waals surface area (Å²) in [5.74, 6) is -0.354. The summed E-state index contributed by atoms with van der Waals surface area (Å²) in [5.41, 5.74) is 6.20. The Kier molecular flexibility index (Phi) is 7.27. The van der Waals surface area contributed by atoms with Crippen molar-refractivity contribution >= 4 is 21.6 Å². The van der Waals surface area contributed by atoms with Crippen molar-refractivity contribution in [1.82, 2.24) is 5.32 Å². The number of amides is 1. The van der Waals surface area contributed by atoms with Gasteiger partial charge in [-0.1, -0.05) is 78.4 Å². The maximum Gasteiger partial charge on any atom is 0.262 e. The average Bonchev–Trinajstić information content (AvgIpc) is 2.86. The van der Waals surface area contributed by atoms with Gasteiger partial charge >= 0.3 is 0 Å². The molecule has 0 aliphatic carbocycles. The number of carbonyl (C=O) groups is 1. The van der Waals surface area contributed by atoms with E-state index in [4.69, 9.17) is 0 Å². The minimum Gasteiger partial charge on any atom is -0.341 e. The quantitative estimate of drug-likeness (QED) is 0.317. The Morgan fingerprint density at radius 1 is 0.722 bits per heavy atom. The van der Waals surface area contributed by atoms with Gasteiger partial charge in [0.05, 0.1) is 16.6 Å². The molecule has 1 amide bonds. The Labute approximate surface area is 213 Å². The molecule has 1 atom stereocenters. The van der Waals surface area contributed by atoms with Crippen LogP contribution in [0.2, 0.25) is 0 Å². The predicted octanol–water partition coefficient (Wildman–Crippen LogP) is 6.24. The summed E-state index contributed by atoms with van der Waals surface area (Å²) in [6, 6.07) is 27.6. The lowest BCUT2D eigenvalue weighted by molar-refractivity contribution is 0.0942. The fourth-order valence-corrected chi connectivity index (χ4v) is 5.46. The highest BCUT2D eigenvalue weighted by Gasteiger charge is 2.22. The second-order valence-corrected chi connectivity index (χ2v) is 10.7. The first-order valence-corrected chi connectivity index (χ1v) is 13.3. The molecule has 0 spiro atoms. The molecule has 0 fully saturated rings. The second-order valence-electron chi connectivity index (χ2n) is 9.06. The fraction of sp³-hybridized carbons (Fsp3) is 0.167. The molecule has 0 saturated carbocycles. The van der Waals surface area contributed by atoms with E-state index < -0.39 is 10.0 Å². The van der Waals surface area contributed by atoms with Gasteiger partial charge < -0.3 is 5.32 Å². The number of hydrogen-bond acceptors (Lipinski definition) is 3. The average molecular weight is 499 g/mol. The van der Waals surface area contributed by atoms with Gasteiger partial charge in [0.2, 0.25) is 0 Å². The molecule has 0 aliphatic rings. The maximum absolute atomic E-state index is 13.4. The first kappa shape index (κ1) is 25.2. The summed E-state index contributed by atoms with van der Waals surface area (Å²) < 4.78 is 29.3. The van der Waals surface area contributed by atoms with E-state index in [-0.39, 0.29) is 22.4 Å². The SMILES string of the molecule is Cc1ccc([C@H](NC(=O)c2ccc(C)c(S(=O)(=O)Nc3cccc(C)c3C)c2)c2ccccc2)cc1. The van der Waals surface area contributed by atoms with Crippen LogP contribution >= 0.6 is 0 Å². The van der Waals surface area contributed by atoms with E-state index >= 15 is 0 Å². The van der Waals surface area contributed by atoms with Gasteiger partial charge in [0.25, 0.3) is 15.9 Å². The van der Waals surface area contributed by atoms with Gasteiger partial charge in [0.15, 0.2) is 0 Å². The van der Waals surface area contributed by atoms with Gasteiger partial charge in [-0.05, 0) is 73.7 Å². The van der Waals surface area contributed by atoms with Crippen molar-refractivity contribution in [3.05, 3.63) is 130 Å². The molecule has 4 aromatic carbocycles. The molecule has 6 heteroatoms.